The van der Waals surface area contributed by atoms with Gasteiger partial charge in [0.05, 0.1) is 11.9 Å². The fourth-order valence-corrected chi connectivity index (χ4v) is 2.40. The molecule has 7 heteroatoms. The molecular weight excluding hydrogens is 266 g/mol. The first-order valence-corrected chi connectivity index (χ1v) is 7.09. The van der Waals surface area contributed by atoms with E-state index in [-0.39, 0.29) is 0 Å². The number of piperazine rings is 1. The lowest BCUT2D eigenvalue weighted by atomic mass is 10.3. The van der Waals surface area contributed by atoms with Gasteiger partial charge in [-0.25, -0.2) is 15.0 Å². The highest BCUT2D eigenvalue weighted by molar-refractivity contribution is 5.40. The fraction of sp³-hybridized carbons (Fsp3) is 0.429. The number of nitrogens with zero attached hydrogens (tertiary/aromatic N) is 6. The molecule has 2 aromatic rings. The molecule has 1 aliphatic rings. The van der Waals surface area contributed by atoms with Gasteiger partial charge in [-0.3, -0.25) is 4.98 Å². The molecule has 1 N–H and O–H groups in total. The Morgan fingerprint density at radius 1 is 1.05 bits per heavy atom. The molecule has 3 rings (SSSR count). The van der Waals surface area contributed by atoms with Crippen LogP contribution in [-0.2, 0) is 6.54 Å². The summed E-state index contributed by atoms with van der Waals surface area (Å²) >= 11 is 0. The summed E-state index contributed by atoms with van der Waals surface area (Å²) in [4.78, 5) is 22.0. The second kappa shape index (κ2) is 6.45. The third kappa shape index (κ3) is 3.25. The van der Waals surface area contributed by atoms with E-state index in [4.69, 9.17) is 0 Å². The molecule has 0 amide bonds. The Kier molecular flexibility index (Phi) is 4.20. The minimum absolute atomic E-state index is 0.735. The average molecular weight is 285 g/mol. The average Bonchev–Trinajstić information content (AvgIpc) is 2.56. The van der Waals surface area contributed by atoms with Gasteiger partial charge in [-0.1, -0.05) is 0 Å². The molecular formula is C14H19N7. The Hall–Kier alpha value is -2.28. The molecule has 1 saturated heterocycles. The maximum absolute atomic E-state index is 4.64. The molecule has 0 saturated carbocycles. The molecule has 0 unspecified atom stereocenters. The van der Waals surface area contributed by atoms with Gasteiger partial charge >= 0.3 is 0 Å². The van der Waals surface area contributed by atoms with E-state index in [1.165, 1.54) is 0 Å². The van der Waals surface area contributed by atoms with Gasteiger partial charge in [-0.2, -0.15) is 0 Å². The summed E-state index contributed by atoms with van der Waals surface area (Å²) in [5.41, 5.74) is 0.962. The summed E-state index contributed by atoms with van der Waals surface area (Å²) in [7, 11) is 1.91. The van der Waals surface area contributed by atoms with E-state index in [1.807, 2.05) is 19.3 Å². The highest BCUT2D eigenvalue weighted by atomic mass is 15.3. The zero-order valence-corrected chi connectivity index (χ0v) is 12.1. The third-order valence-electron chi connectivity index (χ3n) is 3.47. The molecule has 7 nitrogen and oxygen atoms in total. The minimum Gasteiger partial charge on any atom is -0.352 e. The second-order valence-electron chi connectivity index (χ2n) is 4.92. The summed E-state index contributed by atoms with van der Waals surface area (Å²) < 4.78 is 0. The maximum Gasteiger partial charge on any atom is 0.225 e. The minimum atomic E-state index is 0.735. The number of hydrogen-bond donors (Lipinski definition) is 1. The number of rotatable bonds is 4. The molecule has 0 radical (unpaired) electrons. The van der Waals surface area contributed by atoms with Gasteiger partial charge in [0.1, 0.15) is 5.82 Å². The quantitative estimate of drug-likeness (QED) is 0.867. The topological polar surface area (TPSA) is 70.1 Å². The van der Waals surface area contributed by atoms with Crippen LogP contribution >= 0.6 is 0 Å². The van der Waals surface area contributed by atoms with Crippen LogP contribution in [0.1, 0.15) is 5.69 Å². The van der Waals surface area contributed by atoms with Crippen LogP contribution in [0.25, 0.3) is 0 Å². The van der Waals surface area contributed by atoms with Crippen molar-refractivity contribution in [2.24, 2.45) is 0 Å². The summed E-state index contributed by atoms with van der Waals surface area (Å²) in [5, 5.41) is 3.10. The lowest BCUT2D eigenvalue weighted by Crippen LogP contribution is -2.47. The van der Waals surface area contributed by atoms with Crippen molar-refractivity contribution in [3.8, 4) is 0 Å². The van der Waals surface area contributed by atoms with E-state index < -0.39 is 0 Å². The highest BCUT2D eigenvalue weighted by Crippen LogP contribution is 2.15. The molecule has 1 fully saturated rings. The first-order chi connectivity index (χ1) is 10.4. The Balaban J connectivity index is 1.64. The molecule has 110 valence electrons. The van der Waals surface area contributed by atoms with Gasteiger partial charge in [0.25, 0.3) is 0 Å². The number of anilines is 2. The molecule has 0 spiro atoms. The van der Waals surface area contributed by atoms with Crippen LogP contribution in [0.4, 0.5) is 11.8 Å². The summed E-state index contributed by atoms with van der Waals surface area (Å²) in [6.45, 7) is 4.31. The predicted octanol–water partition coefficient (Wildman–Crippen LogP) is 0.313. The first kappa shape index (κ1) is 13.7. The van der Waals surface area contributed by atoms with Gasteiger partial charge in [0.2, 0.25) is 5.95 Å². The van der Waals surface area contributed by atoms with Crippen LogP contribution in [0.5, 0.6) is 0 Å². The zero-order valence-electron chi connectivity index (χ0n) is 12.1. The molecule has 1 aliphatic heterocycles. The summed E-state index contributed by atoms with van der Waals surface area (Å²) in [6.07, 6.45) is 7.19. The van der Waals surface area contributed by atoms with Crippen molar-refractivity contribution in [2.75, 3.05) is 43.0 Å². The lowest BCUT2D eigenvalue weighted by molar-refractivity contribution is 0.631. The van der Waals surface area contributed by atoms with E-state index in [1.54, 1.807) is 18.6 Å². The molecule has 0 bridgehead atoms. The van der Waals surface area contributed by atoms with Gasteiger partial charge in [0.15, 0.2) is 0 Å². The number of hydrogen-bond acceptors (Lipinski definition) is 7. The Bertz CT molecular complexity index is 567. The third-order valence-corrected chi connectivity index (χ3v) is 3.47. The Labute approximate surface area is 124 Å². The smallest absolute Gasteiger partial charge is 0.225 e. The Morgan fingerprint density at radius 2 is 1.76 bits per heavy atom. The molecule has 0 aromatic carbocycles. The molecule has 21 heavy (non-hydrogen) atoms. The largest absolute Gasteiger partial charge is 0.352 e. The van der Waals surface area contributed by atoms with Crippen LogP contribution in [0.2, 0.25) is 0 Å². The highest BCUT2D eigenvalue weighted by Gasteiger charge is 2.20. The van der Waals surface area contributed by atoms with E-state index in [2.05, 4.69) is 35.1 Å². The number of aromatic nitrogens is 4. The summed E-state index contributed by atoms with van der Waals surface area (Å²) in [6, 6.07) is 1.84. The van der Waals surface area contributed by atoms with Gasteiger partial charge in [0, 0.05) is 51.3 Å². The van der Waals surface area contributed by atoms with Crippen molar-refractivity contribution in [3.05, 3.63) is 36.5 Å². The van der Waals surface area contributed by atoms with Gasteiger partial charge in [-0.15, -0.1) is 0 Å². The van der Waals surface area contributed by atoms with E-state index in [0.29, 0.717) is 0 Å². The van der Waals surface area contributed by atoms with E-state index >= 15 is 0 Å². The van der Waals surface area contributed by atoms with Crippen molar-refractivity contribution >= 4 is 11.8 Å². The van der Waals surface area contributed by atoms with Crippen LogP contribution in [-0.4, -0.2) is 53.2 Å². The number of nitrogens with one attached hydrogen (secondary N) is 1. The molecule has 3 heterocycles. The monoisotopic (exact) mass is 285 g/mol. The first-order valence-electron chi connectivity index (χ1n) is 7.09. The maximum atomic E-state index is 4.64. The molecule has 0 aliphatic carbocycles. The summed E-state index contributed by atoms with van der Waals surface area (Å²) in [5.74, 6) is 1.74. The zero-order chi connectivity index (χ0) is 14.5. The van der Waals surface area contributed by atoms with Crippen LogP contribution in [0.15, 0.2) is 30.9 Å². The standard InChI is InChI=1S/C14H19N7/c1-15-9-12-10-16-11-13(19-12)20-5-7-21(8-6-20)14-17-3-2-4-18-14/h2-4,10-11,15H,5-9H2,1H3. The van der Waals surface area contributed by atoms with Crippen LogP contribution in [0, 0.1) is 0 Å². The predicted molar refractivity (Wildman–Crippen MR) is 81.3 cm³/mol. The van der Waals surface area contributed by atoms with Crippen LogP contribution < -0.4 is 15.1 Å². The normalized spacial score (nSPS) is 15.3. The van der Waals surface area contributed by atoms with Crippen molar-refractivity contribution in [1.29, 1.82) is 0 Å². The van der Waals surface area contributed by atoms with Crippen molar-refractivity contribution < 1.29 is 0 Å². The molecule has 0 atom stereocenters. The fourth-order valence-electron chi connectivity index (χ4n) is 2.40. The van der Waals surface area contributed by atoms with E-state index in [9.17, 15) is 0 Å². The van der Waals surface area contributed by atoms with Crippen molar-refractivity contribution in [1.82, 2.24) is 25.3 Å². The second-order valence-corrected chi connectivity index (χ2v) is 4.92. The van der Waals surface area contributed by atoms with Gasteiger partial charge < -0.3 is 15.1 Å². The Morgan fingerprint density at radius 3 is 2.48 bits per heavy atom. The van der Waals surface area contributed by atoms with Crippen LogP contribution in [0.3, 0.4) is 0 Å². The molecule has 2 aromatic heterocycles. The van der Waals surface area contributed by atoms with Crippen molar-refractivity contribution in [3.63, 3.8) is 0 Å². The van der Waals surface area contributed by atoms with Gasteiger partial charge in [-0.05, 0) is 13.1 Å². The van der Waals surface area contributed by atoms with Crippen molar-refractivity contribution in [2.45, 2.75) is 6.54 Å². The van der Waals surface area contributed by atoms with E-state index in [0.717, 1.165) is 50.2 Å². The lowest BCUT2D eigenvalue weighted by Gasteiger charge is -2.35. The SMILES string of the molecule is CNCc1cncc(N2CCN(c3ncccn3)CC2)n1.